The lowest BCUT2D eigenvalue weighted by Crippen LogP contribution is -2.22. The second-order valence-corrected chi connectivity index (χ2v) is 8.00. The van der Waals surface area contributed by atoms with Crippen molar-refractivity contribution < 1.29 is 15.7 Å². The van der Waals surface area contributed by atoms with E-state index in [1.54, 1.807) is 0 Å². The molecule has 1 aliphatic carbocycles. The van der Waals surface area contributed by atoms with Crippen molar-refractivity contribution in [3.8, 4) is 22.6 Å². The molecule has 0 spiro atoms. The molecule has 3 heteroatoms. The second-order valence-electron chi connectivity index (χ2n) is 8.00. The van der Waals surface area contributed by atoms with E-state index < -0.39 is 0 Å². The number of rotatable bonds is 6. The molecule has 3 aromatic carbocycles. The highest BCUT2D eigenvalue weighted by Crippen LogP contribution is 2.51. The summed E-state index contributed by atoms with van der Waals surface area (Å²) in [5, 5.41) is 0. The third-order valence-corrected chi connectivity index (χ3v) is 6.22. The molecule has 1 aliphatic heterocycles. The van der Waals surface area contributed by atoms with Crippen LogP contribution >= 0.6 is 0 Å². The number of hydrogen-bond acceptors (Lipinski definition) is 3. The number of ketones is 1. The van der Waals surface area contributed by atoms with Crippen molar-refractivity contribution >= 4 is 5.78 Å². The fourth-order valence-corrected chi connectivity index (χ4v) is 4.15. The van der Waals surface area contributed by atoms with Crippen LogP contribution in [0.5, 0.6) is 11.5 Å². The summed E-state index contributed by atoms with van der Waals surface area (Å²) in [4.78, 5) is 13.2. The van der Waals surface area contributed by atoms with Gasteiger partial charge in [-0.2, -0.15) is 0 Å². The van der Waals surface area contributed by atoms with Gasteiger partial charge in [0.15, 0.2) is 11.5 Å². The Morgan fingerprint density at radius 1 is 0.862 bits per heavy atom. The van der Waals surface area contributed by atoms with Crippen molar-refractivity contribution in [2.24, 2.45) is 0 Å². The molecule has 2 aliphatic rings. The van der Waals surface area contributed by atoms with Crippen LogP contribution in [0.25, 0.3) is 11.1 Å². The number of fused-ring (bicyclic) bond motifs is 1. The molecule has 1 saturated carbocycles. The SMILES string of the molecule is CCc1ccc(-c2ccc(CC(=O)C3(c4ccc5c(c4)OCO5)CC3)cc2)cc1.[HH]. The summed E-state index contributed by atoms with van der Waals surface area (Å²) >= 11 is 0. The lowest BCUT2D eigenvalue weighted by molar-refractivity contribution is -0.120. The summed E-state index contributed by atoms with van der Waals surface area (Å²) in [6.45, 7) is 2.42. The molecule has 0 amide bonds. The molecule has 5 rings (SSSR count). The Kier molecular flexibility index (Phi) is 4.39. The molecule has 0 aromatic heterocycles. The molecule has 0 atom stereocenters. The Morgan fingerprint density at radius 3 is 2.10 bits per heavy atom. The number of carbonyl (C=O) groups excluding carboxylic acids is 1. The van der Waals surface area contributed by atoms with Crippen molar-refractivity contribution in [2.75, 3.05) is 6.79 Å². The van der Waals surface area contributed by atoms with Gasteiger partial charge in [0.25, 0.3) is 0 Å². The average Bonchev–Trinajstić information content (AvgIpc) is 3.45. The Morgan fingerprint density at radius 2 is 1.48 bits per heavy atom. The predicted octanol–water partition coefficient (Wildman–Crippen LogP) is 5.73. The summed E-state index contributed by atoms with van der Waals surface area (Å²) in [6, 6.07) is 23.0. The minimum Gasteiger partial charge on any atom is -0.454 e. The summed E-state index contributed by atoms with van der Waals surface area (Å²) < 4.78 is 10.9. The smallest absolute Gasteiger partial charge is 0.231 e. The lowest BCUT2D eigenvalue weighted by atomic mass is 9.87. The van der Waals surface area contributed by atoms with Crippen LogP contribution in [0.4, 0.5) is 0 Å². The van der Waals surface area contributed by atoms with E-state index in [1.807, 2.05) is 18.2 Å². The van der Waals surface area contributed by atoms with Gasteiger partial charge in [0.05, 0.1) is 5.41 Å². The Bertz CT molecular complexity index is 1050. The highest BCUT2D eigenvalue weighted by Gasteiger charge is 2.50. The van der Waals surface area contributed by atoms with E-state index in [0.29, 0.717) is 6.42 Å². The van der Waals surface area contributed by atoms with Crippen molar-refractivity contribution in [3.63, 3.8) is 0 Å². The molecule has 3 nitrogen and oxygen atoms in total. The van der Waals surface area contributed by atoms with Gasteiger partial charge in [0, 0.05) is 7.85 Å². The lowest BCUT2D eigenvalue weighted by Gasteiger charge is -2.15. The molecule has 0 radical (unpaired) electrons. The first-order valence-corrected chi connectivity index (χ1v) is 10.3. The maximum absolute atomic E-state index is 13.2. The maximum atomic E-state index is 13.2. The number of ether oxygens (including phenoxy) is 2. The topological polar surface area (TPSA) is 35.5 Å². The van der Waals surface area contributed by atoms with Gasteiger partial charge in [0.1, 0.15) is 5.78 Å². The number of aryl methyl sites for hydroxylation is 1. The van der Waals surface area contributed by atoms with Crippen LogP contribution in [-0.2, 0) is 23.1 Å². The van der Waals surface area contributed by atoms with E-state index in [4.69, 9.17) is 9.47 Å². The van der Waals surface area contributed by atoms with Crippen molar-refractivity contribution in [2.45, 2.75) is 38.0 Å². The molecule has 0 unspecified atom stereocenters. The number of Topliss-reactive ketones (excluding diaryl/α,β-unsaturated/α-hetero) is 1. The van der Waals surface area contributed by atoms with Crippen LogP contribution in [0.1, 0.15) is 37.9 Å². The Labute approximate surface area is 172 Å². The van der Waals surface area contributed by atoms with Gasteiger partial charge in [-0.1, -0.05) is 61.5 Å². The highest BCUT2D eigenvalue weighted by molar-refractivity contribution is 5.94. The van der Waals surface area contributed by atoms with Gasteiger partial charge in [0.2, 0.25) is 6.79 Å². The molecule has 1 fully saturated rings. The van der Waals surface area contributed by atoms with Gasteiger partial charge in [-0.3, -0.25) is 4.79 Å². The summed E-state index contributed by atoms with van der Waals surface area (Å²) in [6.07, 6.45) is 3.33. The minimum atomic E-state index is -0.352. The first kappa shape index (κ1) is 18.0. The third-order valence-electron chi connectivity index (χ3n) is 6.22. The molecule has 3 aromatic rings. The second kappa shape index (κ2) is 7.07. The van der Waals surface area contributed by atoms with Crippen LogP contribution in [0.15, 0.2) is 66.7 Å². The quantitative estimate of drug-likeness (QED) is 0.542. The number of benzene rings is 3. The van der Waals surface area contributed by atoms with Crippen LogP contribution in [0.3, 0.4) is 0 Å². The van der Waals surface area contributed by atoms with Crippen LogP contribution in [0.2, 0.25) is 0 Å². The van der Waals surface area contributed by atoms with E-state index >= 15 is 0 Å². The van der Waals surface area contributed by atoms with Crippen LogP contribution in [0, 0.1) is 0 Å². The standard InChI is InChI=1S/C26H24O3.H2/c1-2-18-3-7-20(8-4-18)21-9-5-19(6-10-21)15-25(27)26(13-14-26)22-11-12-23-24(16-22)29-17-28-23;/h3-12,16H,2,13-15,17H2,1H3;1H. The average molecular weight is 386 g/mol. The highest BCUT2D eigenvalue weighted by atomic mass is 16.7. The number of carbonyl (C=O) groups is 1. The fraction of sp³-hybridized carbons (Fsp3) is 0.269. The molecular weight excluding hydrogens is 360 g/mol. The van der Waals surface area contributed by atoms with Gasteiger partial charge < -0.3 is 9.47 Å². The zero-order valence-corrected chi connectivity index (χ0v) is 16.6. The molecule has 0 saturated heterocycles. The Balaban J connectivity index is 0.00000218. The van der Waals surface area contributed by atoms with E-state index in [-0.39, 0.29) is 19.4 Å². The Hall–Kier alpha value is -3.07. The summed E-state index contributed by atoms with van der Waals surface area (Å²) in [5.74, 6) is 1.80. The summed E-state index contributed by atoms with van der Waals surface area (Å²) in [7, 11) is 0. The van der Waals surface area contributed by atoms with Crippen molar-refractivity contribution in [1.29, 1.82) is 0 Å². The number of hydrogen-bond donors (Lipinski definition) is 0. The molecule has 0 bridgehead atoms. The normalized spacial score (nSPS) is 15.9. The first-order chi connectivity index (χ1) is 14.2. The zero-order valence-electron chi connectivity index (χ0n) is 16.6. The zero-order chi connectivity index (χ0) is 19.8. The van der Waals surface area contributed by atoms with Gasteiger partial charge in [-0.15, -0.1) is 0 Å². The van der Waals surface area contributed by atoms with Gasteiger partial charge in [-0.05, 0) is 59.2 Å². The molecule has 29 heavy (non-hydrogen) atoms. The van der Waals surface area contributed by atoms with Crippen LogP contribution < -0.4 is 9.47 Å². The van der Waals surface area contributed by atoms with Crippen molar-refractivity contribution in [1.82, 2.24) is 0 Å². The summed E-state index contributed by atoms with van der Waals surface area (Å²) in [5.41, 5.74) is 5.50. The van der Waals surface area contributed by atoms with Gasteiger partial charge in [-0.25, -0.2) is 0 Å². The predicted molar refractivity (Wildman–Crippen MR) is 116 cm³/mol. The van der Waals surface area contributed by atoms with Gasteiger partial charge >= 0.3 is 0 Å². The molecule has 148 valence electrons. The minimum absolute atomic E-state index is 0. The first-order valence-electron chi connectivity index (χ1n) is 10.3. The van der Waals surface area contributed by atoms with E-state index in [0.717, 1.165) is 41.9 Å². The van der Waals surface area contributed by atoms with Crippen LogP contribution in [-0.4, -0.2) is 12.6 Å². The third kappa shape index (κ3) is 3.31. The van der Waals surface area contributed by atoms with E-state index in [2.05, 4.69) is 55.5 Å². The van der Waals surface area contributed by atoms with E-state index in [9.17, 15) is 4.79 Å². The largest absolute Gasteiger partial charge is 0.454 e. The monoisotopic (exact) mass is 386 g/mol. The molecular formula is C26H26O3. The fourth-order valence-electron chi connectivity index (χ4n) is 4.15. The molecule has 0 N–H and O–H groups in total. The van der Waals surface area contributed by atoms with Crippen molar-refractivity contribution in [3.05, 3.63) is 83.4 Å². The van der Waals surface area contributed by atoms with E-state index in [1.165, 1.54) is 16.7 Å². The molecule has 1 heterocycles. The maximum Gasteiger partial charge on any atom is 0.231 e.